The van der Waals surface area contributed by atoms with Crippen LogP contribution in [-0.4, -0.2) is 26.7 Å². The molecule has 0 saturated heterocycles. The molecule has 0 aromatic heterocycles. The Hall–Kier alpha value is -3.65. The van der Waals surface area contributed by atoms with E-state index in [2.05, 4.69) is 5.32 Å². The zero-order chi connectivity index (χ0) is 26.6. The van der Waals surface area contributed by atoms with Gasteiger partial charge in [-0.05, 0) is 55.5 Å². The van der Waals surface area contributed by atoms with E-state index in [0.717, 1.165) is 9.87 Å². The Morgan fingerprint density at radius 3 is 2.16 bits per heavy atom. The van der Waals surface area contributed by atoms with Gasteiger partial charge in [-0.2, -0.15) is 0 Å². The third-order valence-corrected chi connectivity index (χ3v) is 7.79. The van der Waals surface area contributed by atoms with Crippen molar-refractivity contribution in [3.63, 3.8) is 0 Å². The van der Waals surface area contributed by atoms with E-state index in [1.54, 1.807) is 60.7 Å². The van der Waals surface area contributed by atoms with Crippen LogP contribution in [0.25, 0.3) is 0 Å². The first-order valence-corrected chi connectivity index (χ1v) is 13.4. The highest BCUT2D eigenvalue weighted by molar-refractivity contribution is 7.92. The topological polar surface area (TPSA) is 83.6 Å². The highest BCUT2D eigenvalue weighted by Crippen LogP contribution is 2.28. The lowest BCUT2D eigenvalue weighted by Crippen LogP contribution is -2.38. The number of hydrogen-bond donors (Lipinski definition) is 1. The molecule has 0 aliphatic rings. The summed E-state index contributed by atoms with van der Waals surface area (Å²) in [6.07, 6.45) is 0. The number of anilines is 2. The molecule has 4 aromatic rings. The Kier molecular flexibility index (Phi) is 7.97. The van der Waals surface area contributed by atoms with E-state index < -0.39 is 22.5 Å². The van der Waals surface area contributed by atoms with E-state index in [9.17, 15) is 18.0 Å². The number of nitrogens with one attached hydrogen (secondary N) is 1. The van der Waals surface area contributed by atoms with Crippen LogP contribution in [0.3, 0.4) is 0 Å². The monoisotopic (exact) mass is 552 g/mol. The van der Waals surface area contributed by atoms with Gasteiger partial charge in [-0.15, -0.1) is 0 Å². The Morgan fingerprint density at radius 1 is 0.811 bits per heavy atom. The number of halogens is 2. The van der Waals surface area contributed by atoms with Crippen LogP contribution >= 0.6 is 23.2 Å². The molecule has 0 radical (unpaired) electrons. The maximum absolute atomic E-state index is 13.6. The number of sulfonamides is 1. The fourth-order valence-electron chi connectivity index (χ4n) is 3.66. The van der Waals surface area contributed by atoms with Crippen molar-refractivity contribution in [1.82, 2.24) is 0 Å². The van der Waals surface area contributed by atoms with Gasteiger partial charge >= 0.3 is 0 Å². The van der Waals surface area contributed by atoms with Gasteiger partial charge in [0.25, 0.3) is 10.0 Å². The van der Waals surface area contributed by atoms with Gasteiger partial charge in [0.2, 0.25) is 5.91 Å². The first kappa shape index (κ1) is 26.4. The lowest BCUT2D eigenvalue weighted by atomic mass is 10.0. The average Bonchev–Trinajstić information content (AvgIpc) is 2.88. The van der Waals surface area contributed by atoms with Crippen molar-refractivity contribution >= 4 is 56.3 Å². The van der Waals surface area contributed by atoms with Crippen LogP contribution in [0.5, 0.6) is 0 Å². The summed E-state index contributed by atoms with van der Waals surface area (Å²) in [5.74, 6) is -0.988. The van der Waals surface area contributed by atoms with Crippen LogP contribution in [0, 0.1) is 6.92 Å². The number of amides is 1. The SMILES string of the molecule is Cc1ccc(S(=O)(=O)N(CC(=O)Nc2ccc(Cl)cc2C(=O)c2ccccc2)c2cccc(Cl)c2)cc1. The maximum atomic E-state index is 13.6. The minimum Gasteiger partial charge on any atom is -0.324 e. The third kappa shape index (κ3) is 6.20. The van der Waals surface area contributed by atoms with Crippen molar-refractivity contribution in [2.75, 3.05) is 16.2 Å². The molecule has 4 aromatic carbocycles. The van der Waals surface area contributed by atoms with E-state index >= 15 is 0 Å². The maximum Gasteiger partial charge on any atom is 0.264 e. The molecule has 0 spiro atoms. The minimum absolute atomic E-state index is 0.0253. The van der Waals surface area contributed by atoms with E-state index in [0.29, 0.717) is 15.6 Å². The van der Waals surface area contributed by atoms with Gasteiger partial charge in [-0.1, -0.05) is 77.3 Å². The summed E-state index contributed by atoms with van der Waals surface area (Å²) in [6, 6.07) is 25.6. The van der Waals surface area contributed by atoms with Crippen LogP contribution in [0.2, 0.25) is 10.0 Å². The Bertz CT molecular complexity index is 1560. The standard InChI is InChI=1S/C28H22Cl2N2O4S/c1-19-10-13-24(14-11-19)37(35,36)32(23-9-5-8-21(29)16-23)18-27(33)31-26-15-12-22(30)17-25(26)28(34)20-6-3-2-4-7-20/h2-17H,18H2,1H3,(H,31,33). The molecule has 0 saturated carbocycles. The molecule has 37 heavy (non-hydrogen) atoms. The first-order valence-electron chi connectivity index (χ1n) is 11.2. The first-order chi connectivity index (χ1) is 17.6. The molecule has 0 fully saturated rings. The van der Waals surface area contributed by atoms with E-state index in [4.69, 9.17) is 23.2 Å². The molecule has 6 nitrogen and oxygen atoms in total. The second kappa shape index (κ2) is 11.2. The number of ketones is 1. The lowest BCUT2D eigenvalue weighted by molar-refractivity contribution is -0.114. The quantitative estimate of drug-likeness (QED) is 0.257. The normalized spacial score (nSPS) is 11.1. The Balaban J connectivity index is 1.67. The fraction of sp³-hybridized carbons (Fsp3) is 0.0714. The zero-order valence-corrected chi connectivity index (χ0v) is 22.0. The molecule has 0 aliphatic carbocycles. The molecule has 0 atom stereocenters. The van der Waals surface area contributed by atoms with Crippen molar-refractivity contribution in [3.8, 4) is 0 Å². The predicted octanol–water partition coefficient (Wildman–Crippen LogP) is 6.37. The van der Waals surface area contributed by atoms with Crippen LogP contribution in [0.4, 0.5) is 11.4 Å². The number of nitrogens with zero attached hydrogens (tertiary/aromatic N) is 1. The molecule has 188 valence electrons. The molecule has 0 bridgehead atoms. The molecule has 1 N–H and O–H groups in total. The van der Waals surface area contributed by atoms with E-state index in [-0.39, 0.29) is 27.6 Å². The summed E-state index contributed by atoms with van der Waals surface area (Å²) in [6.45, 7) is 1.29. The number of rotatable bonds is 8. The summed E-state index contributed by atoms with van der Waals surface area (Å²) in [5.41, 5.74) is 1.93. The van der Waals surface area contributed by atoms with Crippen LogP contribution < -0.4 is 9.62 Å². The number of hydrogen-bond acceptors (Lipinski definition) is 4. The Morgan fingerprint density at radius 2 is 1.49 bits per heavy atom. The predicted molar refractivity (Wildman–Crippen MR) is 147 cm³/mol. The molecule has 1 amide bonds. The van der Waals surface area contributed by atoms with Crippen molar-refractivity contribution in [3.05, 3.63) is 124 Å². The highest BCUT2D eigenvalue weighted by atomic mass is 35.5. The molecular weight excluding hydrogens is 531 g/mol. The molecule has 4 rings (SSSR count). The summed E-state index contributed by atoms with van der Waals surface area (Å²) in [5, 5.41) is 3.31. The lowest BCUT2D eigenvalue weighted by Gasteiger charge is -2.24. The second-order valence-corrected chi connectivity index (χ2v) is 11.0. The van der Waals surface area contributed by atoms with Gasteiger partial charge in [-0.3, -0.25) is 13.9 Å². The van der Waals surface area contributed by atoms with E-state index in [1.165, 1.54) is 36.4 Å². The smallest absolute Gasteiger partial charge is 0.264 e. The zero-order valence-electron chi connectivity index (χ0n) is 19.7. The minimum atomic E-state index is -4.13. The second-order valence-electron chi connectivity index (χ2n) is 8.24. The molecule has 0 heterocycles. The summed E-state index contributed by atoms with van der Waals surface area (Å²) < 4.78 is 28.1. The number of aryl methyl sites for hydroxylation is 1. The van der Waals surface area contributed by atoms with E-state index in [1.807, 2.05) is 6.92 Å². The van der Waals surface area contributed by atoms with Gasteiger partial charge < -0.3 is 5.32 Å². The van der Waals surface area contributed by atoms with Crippen LogP contribution in [0.1, 0.15) is 21.5 Å². The van der Waals surface area contributed by atoms with Crippen molar-refractivity contribution < 1.29 is 18.0 Å². The number of carbonyl (C=O) groups is 2. The third-order valence-electron chi connectivity index (χ3n) is 5.53. The highest BCUT2D eigenvalue weighted by Gasteiger charge is 2.28. The van der Waals surface area contributed by atoms with Gasteiger partial charge in [0, 0.05) is 21.2 Å². The van der Waals surface area contributed by atoms with Gasteiger partial charge in [0.1, 0.15) is 6.54 Å². The fourth-order valence-corrected chi connectivity index (χ4v) is 5.43. The summed E-state index contributed by atoms with van der Waals surface area (Å²) in [7, 11) is -4.13. The van der Waals surface area contributed by atoms with Gasteiger partial charge in [-0.25, -0.2) is 8.42 Å². The summed E-state index contributed by atoms with van der Waals surface area (Å²) >= 11 is 12.3. The molecular formula is C28H22Cl2N2O4S. The van der Waals surface area contributed by atoms with Gasteiger partial charge in [0.05, 0.1) is 16.3 Å². The average molecular weight is 553 g/mol. The number of carbonyl (C=O) groups excluding carboxylic acids is 2. The summed E-state index contributed by atoms with van der Waals surface area (Å²) in [4.78, 5) is 26.4. The van der Waals surface area contributed by atoms with Crippen molar-refractivity contribution in [1.29, 1.82) is 0 Å². The molecule has 0 unspecified atom stereocenters. The molecule has 9 heteroatoms. The van der Waals surface area contributed by atoms with Crippen molar-refractivity contribution in [2.45, 2.75) is 11.8 Å². The molecule has 0 aliphatic heterocycles. The largest absolute Gasteiger partial charge is 0.324 e. The Labute approximate surface area is 225 Å². The van der Waals surface area contributed by atoms with Crippen LogP contribution in [-0.2, 0) is 14.8 Å². The van der Waals surface area contributed by atoms with Crippen molar-refractivity contribution in [2.24, 2.45) is 0 Å². The number of benzene rings is 4. The van der Waals surface area contributed by atoms with Crippen LogP contribution in [0.15, 0.2) is 102 Å². The van der Waals surface area contributed by atoms with Gasteiger partial charge in [0.15, 0.2) is 5.78 Å².